The minimum atomic E-state index is 0.523. The average Bonchev–Trinajstić information content (AvgIpc) is 2.90. The van der Waals surface area contributed by atoms with Crippen LogP contribution >= 0.6 is 0 Å². The Kier molecular flexibility index (Phi) is 3.74. The van der Waals surface area contributed by atoms with E-state index in [0.29, 0.717) is 25.1 Å². The molecule has 0 radical (unpaired) electrons. The molecule has 0 aliphatic heterocycles. The molecule has 1 heterocycles. The quantitative estimate of drug-likeness (QED) is 0.560. The van der Waals surface area contributed by atoms with E-state index in [1.165, 1.54) is 32.0 Å². The van der Waals surface area contributed by atoms with Crippen LogP contribution in [0.1, 0.15) is 25.7 Å². The Balaban J connectivity index is 1.69. The van der Waals surface area contributed by atoms with Gasteiger partial charge in [0.15, 0.2) is 5.96 Å². The van der Waals surface area contributed by atoms with Gasteiger partial charge < -0.3 is 11.1 Å². The Hall–Kier alpha value is -1.59. The molecule has 0 bridgehead atoms. The normalized spacial score (nSPS) is 17.9. The Morgan fingerprint density at radius 2 is 2.31 bits per heavy atom. The molecule has 1 aromatic heterocycles. The van der Waals surface area contributed by atoms with Crippen molar-refractivity contribution in [2.24, 2.45) is 10.7 Å². The summed E-state index contributed by atoms with van der Waals surface area (Å²) in [5.74, 6) is 0.548. The molecule has 6 nitrogen and oxygen atoms in total. The van der Waals surface area contributed by atoms with E-state index < -0.39 is 0 Å². The van der Waals surface area contributed by atoms with Gasteiger partial charge in [-0.2, -0.15) is 5.10 Å². The predicted octanol–water partition coefficient (Wildman–Crippen LogP) is 0.125. The monoisotopic (exact) mass is 222 g/mol. The number of nitrogens with two attached hydrogens (primary N) is 1. The number of guanidine groups is 1. The summed E-state index contributed by atoms with van der Waals surface area (Å²) >= 11 is 0. The average molecular weight is 222 g/mol. The molecule has 0 atom stereocenters. The zero-order valence-electron chi connectivity index (χ0n) is 9.34. The van der Waals surface area contributed by atoms with Crippen molar-refractivity contribution in [1.82, 2.24) is 20.1 Å². The number of nitrogens with zero attached hydrogens (tertiary/aromatic N) is 4. The van der Waals surface area contributed by atoms with E-state index in [4.69, 9.17) is 5.73 Å². The molecular weight excluding hydrogens is 204 g/mol. The topological polar surface area (TPSA) is 81.1 Å². The van der Waals surface area contributed by atoms with Gasteiger partial charge in [-0.1, -0.05) is 12.8 Å². The van der Waals surface area contributed by atoms with E-state index in [0.717, 1.165) is 0 Å². The van der Waals surface area contributed by atoms with Crippen molar-refractivity contribution in [3.63, 3.8) is 0 Å². The molecular formula is C10H18N6. The van der Waals surface area contributed by atoms with Crippen LogP contribution in [0.4, 0.5) is 0 Å². The Morgan fingerprint density at radius 1 is 1.50 bits per heavy atom. The predicted molar refractivity (Wildman–Crippen MR) is 61.9 cm³/mol. The molecule has 0 saturated heterocycles. The molecule has 0 spiro atoms. The van der Waals surface area contributed by atoms with Crippen LogP contribution in [0.2, 0.25) is 0 Å². The van der Waals surface area contributed by atoms with Crippen molar-refractivity contribution >= 4 is 5.96 Å². The molecule has 1 aromatic rings. The summed E-state index contributed by atoms with van der Waals surface area (Å²) in [4.78, 5) is 8.12. The smallest absolute Gasteiger partial charge is 0.188 e. The van der Waals surface area contributed by atoms with Gasteiger partial charge in [0.05, 0.1) is 13.1 Å². The van der Waals surface area contributed by atoms with Crippen molar-refractivity contribution in [2.75, 3.05) is 6.54 Å². The zero-order valence-corrected chi connectivity index (χ0v) is 9.34. The van der Waals surface area contributed by atoms with Gasteiger partial charge in [0.1, 0.15) is 12.7 Å². The SMILES string of the molecule is NC(=NCCn1cncn1)NC1CCCC1. The highest BCUT2D eigenvalue weighted by atomic mass is 15.3. The van der Waals surface area contributed by atoms with Crippen LogP contribution in [0.5, 0.6) is 0 Å². The molecule has 0 unspecified atom stereocenters. The second-order valence-electron chi connectivity index (χ2n) is 4.05. The van der Waals surface area contributed by atoms with Gasteiger partial charge in [0.2, 0.25) is 0 Å². The zero-order chi connectivity index (χ0) is 11.2. The van der Waals surface area contributed by atoms with Crippen LogP contribution in [0.25, 0.3) is 0 Å². The van der Waals surface area contributed by atoms with Gasteiger partial charge in [0, 0.05) is 6.04 Å². The van der Waals surface area contributed by atoms with Crippen molar-refractivity contribution in [1.29, 1.82) is 0 Å². The third-order valence-corrected chi connectivity index (χ3v) is 2.79. The minimum absolute atomic E-state index is 0.523. The second-order valence-corrected chi connectivity index (χ2v) is 4.05. The molecule has 1 aliphatic carbocycles. The van der Waals surface area contributed by atoms with Gasteiger partial charge in [-0.15, -0.1) is 0 Å². The molecule has 16 heavy (non-hydrogen) atoms. The Morgan fingerprint density at radius 3 is 3.00 bits per heavy atom. The molecule has 0 amide bonds. The number of aromatic nitrogens is 3. The lowest BCUT2D eigenvalue weighted by atomic mass is 10.2. The molecule has 2 rings (SSSR count). The highest BCUT2D eigenvalue weighted by Crippen LogP contribution is 2.17. The van der Waals surface area contributed by atoms with Crippen LogP contribution in [0, 0.1) is 0 Å². The van der Waals surface area contributed by atoms with E-state index in [1.54, 1.807) is 11.0 Å². The lowest BCUT2D eigenvalue weighted by molar-refractivity contribution is 0.607. The number of hydrogen-bond donors (Lipinski definition) is 2. The van der Waals surface area contributed by atoms with E-state index in [1.807, 2.05) is 0 Å². The summed E-state index contributed by atoms with van der Waals surface area (Å²) in [5.41, 5.74) is 5.79. The van der Waals surface area contributed by atoms with Crippen LogP contribution in [-0.2, 0) is 6.54 Å². The summed E-state index contributed by atoms with van der Waals surface area (Å²) in [7, 11) is 0. The lowest BCUT2D eigenvalue weighted by Crippen LogP contribution is -2.38. The number of aliphatic imine (C=N–C) groups is 1. The van der Waals surface area contributed by atoms with E-state index in [9.17, 15) is 0 Å². The van der Waals surface area contributed by atoms with Crippen molar-refractivity contribution in [2.45, 2.75) is 38.3 Å². The molecule has 0 aromatic carbocycles. The van der Waals surface area contributed by atoms with Crippen molar-refractivity contribution in [3.05, 3.63) is 12.7 Å². The van der Waals surface area contributed by atoms with Crippen molar-refractivity contribution in [3.8, 4) is 0 Å². The summed E-state index contributed by atoms with van der Waals surface area (Å²) in [6.07, 6.45) is 8.20. The summed E-state index contributed by atoms with van der Waals surface area (Å²) in [6.45, 7) is 1.35. The van der Waals surface area contributed by atoms with Gasteiger partial charge >= 0.3 is 0 Å². The van der Waals surface area contributed by atoms with Gasteiger partial charge in [-0.25, -0.2) is 4.98 Å². The van der Waals surface area contributed by atoms with Gasteiger partial charge in [-0.05, 0) is 12.8 Å². The van der Waals surface area contributed by atoms with Crippen molar-refractivity contribution < 1.29 is 0 Å². The lowest BCUT2D eigenvalue weighted by Gasteiger charge is -2.12. The molecule has 1 aliphatic rings. The largest absolute Gasteiger partial charge is 0.370 e. The fourth-order valence-corrected chi connectivity index (χ4v) is 1.95. The molecule has 1 fully saturated rings. The maximum atomic E-state index is 5.79. The minimum Gasteiger partial charge on any atom is -0.370 e. The first kappa shape index (κ1) is 10.9. The van der Waals surface area contributed by atoms with Crippen LogP contribution in [-0.4, -0.2) is 33.3 Å². The standard InChI is InChI=1S/C10H18N6/c11-10(15-9-3-1-2-4-9)13-5-6-16-8-12-7-14-16/h7-9H,1-6H2,(H3,11,13,15). The van der Waals surface area contributed by atoms with Crippen LogP contribution in [0.15, 0.2) is 17.6 Å². The second kappa shape index (κ2) is 5.48. The number of nitrogens with one attached hydrogen (secondary N) is 1. The van der Waals surface area contributed by atoms with E-state index in [2.05, 4.69) is 20.4 Å². The fraction of sp³-hybridized carbons (Fsp3) is 0.700. The van der Waals surface area contributed by atoms with Crippen LogP contribution < -0.4 is 11.1 Å². The van der Waals surface area contributed by atoms with E-state index >= 15 is 0 Å². The van der Waals surface area contributed by atoms with Gasteiger partial charge in [0.25, 0.3) is 0 Å². The summed E-state index contributed by atoms with van der Waals surface area (Å²) < 4.78 is 1.74. The number of rotatable bonds is 4. The first-order chi connectivity index (χ1) is 7.84. The first-order valence-corrected chi connectivity index (χ1v) is 5.73. The molecule has 88 valence electrons. The van der Waals surface area contributed by atoms with Crippen LogP contribution in [0.3, 0.4) is 0 Å². The molecule has 1 saturated carbocycles. The Bertz CT molecular complexity index is 325. The summed E-state index contributed by atoms with van der Waals surface area (Å²) in [6, 6.07) is 0.523. The third kappa shape index (κ3) is 3.22. The van der Waals surface area contributed by atoms with E-state index in [-0.39, 0.29) is 0 Å². The highest BCUT2D eigenvalue weighted by molar-refractivity contribution is 5.78. The summed E-state index contributed by atoms with van der Waals surface area (Å²) in [5, 5.41) is 7.23. The maximum absolute atomic E-state index is 5.79. The highest BCUT2D eigenvalue weighted by Gasteiger charge is 2.14. The Labute approximate surface area is 95.0 Å². The fourth-order valence-electron chi connectivity index (χ4n) is 1.95. The maximum Gasteiger partial charge on any atom is 0.188 e. The molecule has 3 N–H and O–H groups in total. The first-order valence-electron chi connectivity index (χ1n) is 5.73. The third-order valence-electron chi connectivity index (χ3n) is 2.79. The number of hydrogen-bond acceptors (Lipinski definition) is 3. The van der Waals surface area contributed by atoms with Gasteiger partial charge in [-0.3, -0.25) is 9.67 Å². The molecule has 6 heteroatoms.